The lowest BCUT2D eigenvalue weighted by molar-refractivity contribution is -0.312. The fraction of sp³-hybridized carbons (Fsp3) is 0.690. The molecule has 5 rings (SSSR count). The molecule has 0 bridgehead atoms. The van der Waals surface area contributed by atoms with E-state index in [4.69, 9.17) is 0 Å². The van der Waals surface area contributed by atoms with E-state index in [1.54, 1.807) is 0 Å². The van der Waals surface area contributed by atoms with Crippen LogP contribution in [-0.4, -0.2) is 29.5 Å². The first-order chi connectivity index (χ1) is 17.6. The lowest BCUT2D eigenvalue weighted by atomic mass is 9.47. The summed E-state index contributed by atoms with van der Waals surface area (Å²) in [4.78, 5) is 13.4. The van der Waals surface area contributed by atoms with Crippen LogP contribution in [0.1, 0.15) is 70.8 Å². The third kappa shape index (κ3) is 3.93. The van der Waals surface area contributed by atoms with Crippen molar-refractivity contribution < 1.29 is 36.2 Å². The van der Waals surface area contributed by atoms with Crippen molar-refractivity contribution in [3.05, 3.63) is 47.5 Å². The first-order valence-electron chi connectivity index (χ1n) is 13.5. The Kier molecular flexibility index (Phi) is 6.52. The van der Waals surface area contributed by atoms with E-state index in [1.807, 2.05) is 6.92 Å². The molecule has 7 atom stereocenters. The molecule has 1 amide bonds. The molecular weight excluding hydrogens is 508 g/mol. The summed E-state index contributed by atoms with van der Waals surface area (Å²) in [7, 11) is 0. The number of benzene rings is 1. The fourth-order valence-electron chi connectivity index (χ4n) is 8.64. The summed E-state index contributed by atoms with van der Waals surface area (Å²) in [6, 6.07) is 5.05. The topological polar surface area (TPSA) is 49.3 Å². The van der Waals surface area contributed by atoms with Crippen LogP contribution < -0.4 is 5.32 Å². The summed E-state index contributed by atoms with van der Waals surface area (Å²) >= 11 is 0. The number of carbonyl (C=O) groups is 1. The van der Waals surface area contributed by atoms with Crippen molar-refractivity contribution in [2.24, 2.45) is 34.5 Å². The highest BCUT2D eigenvalue weighted by atomic mass is 19.4. The van der Waals surface area contributed by atoms with E-state index >= 15 is 0 Å². The molecule has 0 aliphatic heterocycles. The van der Waals surface area contributed by atoms with Crippen LogP contribution in [0.2, 0.25) is 0 Å². The molecule has 9 heteroatoms. The van der Waals surface area contributed by atoms with Gasteiger partial charge in [-0.25, -0.2) is 0 Å². The molecule has 0 spiro atoms. The van der Waals surface area contributed by atoms with Gasteiger partial charge in [0.2, 0.25) is 5.91 Å². The summed E-state index contributed by atoms with van der Waals surface area (Å²) in [5, 5.41) is 12.2. The van der Waals surface area contributed by atoms with Crippen molar-refractivity contribution in [1.29, 1.82) is 0 Å². The van der Waals surface area contributed by atoms with Gasteiger partial charge in [-0.15, -0.1) is 0 Å². The number of alkyl halides is 6. The molecule has 0 saturated heterocycles. The highest BCUT2D eigenvalue weighted by Gasteiger charge is 2.73. The van der Waals surface area contributed by atoms with Crippen molar-refractivity contribution in [2.45, 2.75) is 89.2 Å². The Morgan fingerprint density at radius 3 is 2.24 bits per heavy atom. The molecule has 2 N–H and O–H groups in total. The quantitative estimate of drug-likeness (QED) is 0.317. The Hall–Kier alpha value is -2.03. The van der Waals surface area contributed by atoms with E-state index in [9.17, 15) is 36.2 Å². The van der Waals surface area contributed by atoms with Gasteiger partial charge in [0.05, 0.1) is 6.10 Å². The Bertz CT molecular complexity index is 1080. The van der Waals surface area contributed by atoms with E-state index in [2.05, 4.69) is 13.0 Å². The van der Waals surface area contributed by atoms with E-state index in [0.717, 1.165) is 56.4 Å². The van der Waals surface area contributed by atoms with Crippen LogP contribution in [0.15, 0.2) is 42.0 Å². The molecular formula is C29H35F6NO2. The lowest BCUT2D eigenvalue weighted by Crippen LogP contribution is -2.65. The monoisotopic (exact) mass is 543 g/mol. The Morgan fingerprint density at radius 1 is 0.947 bits per heavy atom. The number of fused-ring (bicyclic) bond motifs is 5. The van der Waals surface area contributed by atoms with Gasteiger partial charge in [0.25, 0.3) is 5.54 Å². The average molecular weight is 544 g/mol. The third-order valence-electron chi connectivity index (χ3n) is 10.7. The maximum atomic E-state index is 14.3. The Labute approximate surface area is 219 Å². The summed E-state index contributed by atoms with van der Waals surface area (Å²) in [5.41, 5.74) is -5.00. The predicted octanol–water partition coefficient (Wildman–Crippen LogP) is 7.06. The van der Waals surface area contributed by atoms with Crippen LogP contribution in [0, 0.1) is 34.5 Å². The number of hydrogen-bond donors (Lipinski definition) is 2. The zero-order chi connectivity index (χ0) is 27.7. The fourth-order valence-corrected chi connectivity index (χ4v) is 8.64. The van der Waals surface area contributed by atoms with Crippen LogP contribution in [0.4, 0.5) is 26.3 Å². The van der Waals surface area contributed by atoms with Gasteiger partial charge < -0.3 is 10.4 Å². The number of allylic oxidation sites excluding steroid dienone is 2. The summed E-state index contributed by atoms with van der Waals surface area (Å²) in [6.45, 7) is 4.18. The van der Waals surface area contributed by atoms with Gasteiger partial charge in [-0.1, -0.05) is 55.8 Å². The van der Waals surface area contributed by atoms with Crippen molar-refractivity contribution in [3.8, 4) is 0 Å². The van der Waals surface area contributed by atoms with E-state index in [0.29, 0.717) is 12.3 Å². The molecule has 1 aromatic carbocycles. The number of hydrogen-bond acceptors (Lipinski definition) is 2. The van der Waals surface area contributed by atoms with Gasteiger partial charge in [-0.2, -0.15) is 26.3 Å². The maximum Gasteiger partial charge on any atom is 0.424 e. The zero-order valence-electron chi connectivity index (χ0n) is 21.6. The first kappa shape index (κ1) is 27.5. The van der Waals surface area contributed by atoms with Crippen molar-refractivity contribution in [2.75, 3.05) is 0 Å². The smallest absolute Gasteiger partial charge is 0.393 e. The number of carbonyl (C=O) groups excluding carboxylic acids is 1. The predicted molar refractivity (Wildman–Crippen MR) is 130 cm³/mol. The summed E-state index contributed by atoms with van der Waals surface area (Å²) < 4.78 is 85.7. The van der Waals surface area contributed by atoms with Gasteiger partial charge in [0, 0.05) is 5.92 Å². The van der Waals surface area contributed by atoms with Crippen molar-refractivity contribution in [3.63, 3.8) is 0 Å². The number of nitrogens with one attached hydrogen (secondary N) is 1. The molecule has 3 nitrogen and oxygen atoms in total. The van der Waals surface area contributed by atoms with Crippen molar-refractivity contribution in [1.82, 2.24) is 5.32 Å². The van der Waals surface area contributed by atoms with E-state index in [-0.39, 0.29) is 36.2 Å². The molecule has 210 valence electrons. The molecule has 3 fully saturated rings. The normalized spacial score (nSPS) is 37.5. The first-order valence-corrected chi connectivity index (χ1v) is 13.5. The number of halogens is 6. The third-order valence-corrected chi connectivity index (χ3v) is 10.7. The highest BCUT2D eigenvalue weighted by molar-refractivity contribution is 5.80. The number of rotatable bonds is 3. The Morgan fingerprint density at radius 2 is 1.61 bits per heavy atom. The summed E-state index contributed by atoms with van der Waals surface area (Å²) in [5.74, 6) is -1.38. The second-order valence-corrected chi connectivity index (χ2v) is 12.4. The van der Waals surface area contributed by atoms with Crippen LogP contribution in [0.25, 0.3) is 0 Å². The number of aliphatic hydroxyl groups excluding tert-OH is 1. The van der Waals surface area contributed by atoms with Crippen LogP contribution in [-0.2, 0) is 10.3 Å². The minimum Gasteiger partial charge on any atom is -0.393 e. The lowest BCUT2D eigenvalue weighted by Gasteiger charge is -2.58. The molecule has 1 aromatic rings. The maximum absolute atomic E-state index is 14.3. The minimum atomic E-state index is -5.79. The van der Waals surface area contributed by atoms with E-state index in [1.165, 1.54) is 17.0 Å². The Balaban J connectivity index is 1.44. The molecule has 0 radical (unpaired) electrons. The SMILES string of the molecule is C[C@]12CC(C(=O)NC(c3ccccc3)(C(F)(F)F)C(F)(F)F)CCC1=CC[C@@H]1[C@H]2CC[C@]2(C)C(O)CC[C@@H]12. The molecule has 3 saturated carbocycles. The standard InChI is InChI=1S/C29H35F6NO2/c1-25-15-14-22-20(21(25)12-13-23(25)37)11-10-18-9-8-17(16-26(18,22)2)24(38)36-27(28(30,31)32,29(33,34)35)19-6-4-3-5-7-19/h3-7,10,17,20-23,37H,8-9,11-16H2,1-2H3,(H,36,38)/t17?,20-,21-,22+,23?,25-,26-/m0/s1. The molecule has 4 aliphatic carbocycles. The molecule has 0 aromatic heterocycles. The largest absolute Gasteiger partial charge is 0.424 e. The van der Waals surface area contributed by atoms with Gasteiger partial charge >= 0.3 is 12.4 Å². The van der Waals surface area contributed by atoms with Crippen LogP contribution >= 0.6 is 0 Å². The number of aliphatic hydroxyl groups is 1. The van der Waals surface area contributed by atoms with Crippen LogP contribution in [0.3, 0.4) is 0 Å². The highest BCUT2D eigenvalue weighted by Crippen LogP contribution is 2.65. The van der Waals surface area contributed by atoms with Crippen molar-refractivity contribution >= 4 is 5.91 Å². The molecule has 2 unspecified atom stereocenters. The van der Waals surface area contributed by atoms with Gasteiger partial charge in [-0.3, -0.25) is 4.79 Å². The van der Waals surface area contributed by atoms with Gasteiger partial charge in [0.15, 0.2) is 0 Å². The second kappa shape index (κ2) is 9.00. The van der Waals surface area contributed by atoms with Gasteiger partial charge in [-0.05, 0) is 85.5 Å². The zero-order valence-corrected chi connectivity index (χ0v) is 21.6. The average Bonchev–Trinajstić information content (AvgIpc) is 3.15. The van der Waals surface area contributed by atoms with Gasteiger partial charge in [0.1, 0.15) is 0 Å². The van der Waals surface area contributed by atoms with Crippen LogP contribution in [0.5, 0.6) is 0 Å². The molecule has 38 heavy (non-hydrogen) atoms. The minimum absolute atomic E-state index is 0.164. The summed E-state index contributed by atoms with van der Waals surface area (Å²) in [6.07, 6.45) is -4.62. The molecule has 4 aliphatic rings. The number of amides is 1. The molecule has 0 heterocycles. The second-order valence-electron chi connectivity index (χ2n) is 12.4. The van der Waals surface area contributed by atoms with E-state index < -0.39 is 40.7 Å².